The van der Waals surface area contributed by atoms with Gasteiger partial charge in [0.05, 0.1) is 0 Å². The molecule has 0 bridgehead atoms. The second-order valence-electron chi connectivity index (χ2n) is 2.41. The average molecular weight is 242 g/mol. The Kier molecular flexibility index (Phi) is 3.08. The number of nitrogens with one attached hydrogen (secondary N) is 1. The zero-order chi connectivity index (χ0) is 9.84. The van der Waals surface area contributed by atoms with Crippen molar-refractivity contribution in [2.45, 2.75) is 0 Å². The van der Waals surface area contributed by atoms with Gasteiger partial charge in [-0.1, -0.05) is 28.6 Å². The van der Waals surface area contributed by atoms with Gasteiger partial charge in [-0.25, -0.2) is 4.79 Å². The second-order valence-corrected chi connectivity index (χ2v) is 3.32. The molecular weight excluding hydrogens is 234 g/mol. The van der Waals surface area contributed by atoms with Crippen molar-refractivity contribution in [3.8, 4) is 0 Å². The van der Waals surface area contributed by atoms with Gasteiger partial charge in [0.1, 0.15) is 0 Å². The highest BCUT2D eigenvalue weighted by molar-refractivity contribution is 9.10. The molecule has 0 saturated heterocycles. The Bertz CT molecular complexity index is 349. The van der Waals surface area contributed by atoms with E-state index in [9.17, 15) is 4.79 Å². The third kappa shape index (κ3) is 2.91. The lowest BCUT2D eigenvalue weighted by Crippen LogP contribution is -2.07. The van der Waals surface area contributed by atoms with Gasteiger partial charge in [-0.05, 0) is 23.8 Å². The van der Waals surface area contributed by atoms with Crippen LogP contribution in [0.2, 0.25) is 0 Å². The molecule has 1 rings (SSSR count). The highest BCUT2D eigenvalue weighted by atomic mass is 79.9. The van der Waals surface area contributed by atoms with Gasteiger partial charge >= 0.3 is 6.09 Å². The van der Waals surface area contributed by atoms with Crippen molar-refractivity contribution in [3.05, 3.63) is 34.8 Å². The monoisotopic (exact) mass is 241 g/mol. The van der Waals surface area contributed by atoms with Crippen LogP contribution in [0, 0.1) is 0 Å². The Morgan fingerprint density at radius 3 is 2.77 bits per heavy atom. The van der Waals surface area contributed by atoms with Gasteiger partial charge in [0.2, 0.25) is 0 Å². The molecule has 4 heteroatoms. The van der Waals surface area contributed by atoms with Crippen molar-refractivity contribution < 1.29 is 9.90 Å². The number of amides is 1. The molecule has 0 aliphatic carbocycles. The fourth-order valence-corrected chi connectivity index (χ4v) is 1.44. The Morgan fingerprint density at radius 1 is 1.54 bits per heavy atom. The first kappa shape index (κ1) is 9.80. The first-order valence-electron chi connectivity index (χ1n) is 3.55. The number of carbonyl (C=O) groups is 1. The third-order valence-corrected chi connectivity index (χ3v) is 1.86. The van der Waals surface area contributed by atoms with E-state index in [1.165, 1.54) is 0 Å². The van der Waals surface area contributed by atoms with E-state index < -0.39 is 6.09 Å². The molecule has 1 aromatic rings. The predicted molar refractivity (Wildman–Crippen MR) is 55.9 cm³/mol. The maximum absolute atomic E-state index is 10.3. The molecule has 3 nitrogen and oxygen atoms in total. The Hall–Kier alpha value is -1.29. The molecule has 0 aliphatic heterocycles. The fraction of sp³-hybridized carbons (Fsp3) is 0. The summed E-state index contributed by atoms with van der Waals surface area (Å²) < 4.78 is 0.814. The summed E-state index contributed by atoms with van der Waals surface area (Å²) in [6.45, 7) is 3.60. The van der Waals surface area contributed by atoms with Gasteiger partial charge in [-0.3, -0.25) is 5.32 Å². The summed E-state index contributed by atoms with van der Waals surface area (Å²) in [5.74, 6) is 0. The van der Waals surface area contributed by atoms with Gasteiger partial charge in [0, 0.05) is 10.2 Å². The average Bonchev–Trinajstić information content (AvgIpc) is 2.01. The lowest BCUT2D eigenvalue weighted by atomic mass is 10.2. The first-order valence-corrected chi connectivity index (χ1v) is 4.34. The van der Waals surface area contributed by atoms with Gasteiger partial charge < -0.3 is 5.11 Å². The Morgan fingerprint density at radius 2 is 2.23 bits per heavy atom. The minimum atomic E-state index is -1.08. The minimum absolute atomic E-state index is 0.525. The molecule has 13 heavy (non-hydrogen) atoms. The van der Waals surface area contributed by atoms with Crippen LogP contribution in [0.15, 0.2) is 29.3 Å². The molecule has 0 aliphatic rings. The van der Waals surface area contributed by atoms with E-state index in [0.29, 0.717) is 5.69 Å². The van der Waals surface area contributed by atoms with Crippen LogP contribution in [0.5, 0.6) is 0 Å². The van der Waals surface area contributed by atoms with Crippen molar-refractivity contribution in [2.75, 3.05) is 5.32 Å². The lowest BCUT2D eigenvalue weighted by molar-refractivity contribution is 0.210. The SMILES string of the molecule is C=Cc1cc(Br)cc(NC(=O)O)c1. The summed E-state index contributed by atoms with van der Waals surface area (Å²) in [5, 5.41) is 10.7. The van der Waals surface area contributed by atoms with E-state index in [0.717, 1.165) is 10.0 Å². The number of halogens is 1. The molecule has 0 aromatic heterocycles. The number of anilines is 1. The summed E-state index contributed by atoms with van der Waals surface area (Å²) in [6.07, 6.45) is 0.575. The van der Waals surface area contributed by atoms with Gasteiger partial charge in [0.25, 0.3) is 0 Å². The van der Waals surface area contributed by atoms with Crippen LogP contribution in [0.4, 0.5) is 10.5 Å². The number of benzene rings is 1. The minimum Gasteiger partial charge on any atom is -0.465 e. The van der Waals surface area contributed by atoms with Crippen molar-refractivity contribution >= 4 is 33.8 Å². The van der Waals surface area contributed by atoms with Crippen LogP contribution in [-0.2, 0) is 0 Å². The van der Waals surface area contributed by atoms with E-state index in [2.05, 4.69) is 27.8 Å². The quantitative estimate of drug-likeness (QED) is 0.836. The van der Waals surface area contributed by atoms with Gasteiger partial charge in [-0.15, -0.1) is 0 Å². The summed E-state index contributed by atoms with van der Waals surface area (Å²) in [6, 6.07) is 5.23. The molecule has 68 valence electrons. The molecular formula is C9H8BrNO2. The molecule has 0 spiro atoms. The van der Waals surface area contributed by atoms with Crippen molar-refractivity contribution in [1.82, 2.24) is 0 Å². The van der Waals surface area contributed by atoms with Crippen molar-refractivity contribution in [1.29, 1.82) is 0 Å². The summed E-state index contributed by atoms with van der Waals surface area (Å²) >= 11 is 3.26. The maximum Gasteiger partial charge on any atom is 0.409 e. The number of hydrogen-bond acceptors (Lipinski definition) is 1. The molecule has 1 aromatic carbocycles. The molecule has 0 radical (unpaired) electrons. The molecule has 1 amide bonds. The molecule has 0 fully saturated rings. The maximum atomic E-state index is 10.3. The largest absolute Gasteiger partial charge is 0.465 e. The van der Waals surface area contributed by atoms with Crippen LogP contribution < -0.4 is 5.32 Å². The Balaban J connectivity index is 3.01. The molecule has 2 N–H and O–H groups in total. The second kappa shape index (κ2) is 4.09. The zero-order valence-corrected chi connectivity index (χ0v) is 8.34. The standard InChI is InChI=1S/C9H8BrNO2/c1-2-6-3-7(10)5-8(4-6)11-9(12)13/h2-5,11H,1H2,(H,12,13). The topological polar surface area (TPSA) is 49.3 Å². The summed E-state index contributed by atoms with van der Waals surface area (Å²) in [7, 11) is 0. The highest BCUT2D eigenvalue weighted by Gasteiger charge is 1.99. The Labute approximate surface area is 84.2 Å². The molecule has 0 saturated carbocycles. The van der Waals surface area contributed by atoms with Crippen LogP contribution in [0.25, 0.3) is 6.08 Å². The van der Waals surface area contributed by atoms with E-state index >= 15 is 0 Å². The number of carboxylic acid groups (broad SMARTS) is 1. The fourth-order valence-electron chi connectivity index (χ4n) is 0.926. The third-order valence-electron chi connectivity index (χ3n) is 1.41. The number of hydrogen-bond donors (Lipinski definition) is 2. The van der Waals surface area contributed by atoms with E-state index in [1.807, 2.05) is 6.07 Å². The van der Waals surface area contributed by atoms with Crippen LogP contribution >= 0.6 is 15.9 Å². The lowest BCUT2D eigenvalue weighted by Gasteiger charge is -2.02. The molecule has 0 atom stereocenters. The highest BCUT2D eigenvalue weighted by Crippen LogP contribution is 2.20. The van der Waals surface area contributed by atoms with Crippen molar-refractivity contribution in [3.63, 3.8) is 0 Å². The van der Waals surface area contributed by atoms with Crippen molar-refractivity contribution in [2.24, 2.45) is 0 Å². The molecule has 0 unspecified atom stereocenters. The van der Waals surface area contributed by atoms with Crippen LogP contribution in [0.3, 0.4) is 0 Å². The zero-order valence-electron chi connectivity index (χ0n) is 6.75. The van der Waals surface area contributed by atoms with Crippen LogP contribution in [0.1, 0.15) is 5.56 Å². The molecule has 0 heterocycles. The smallest absolute Gasteiger partial charge is 0.409 e. The normalized spacial score (nSPS) is 9.31. The van der Waals surface area contributed by atoms with Gasteiger partial charge in [0.15, 0.2) is 0 Å². The summed E-state index contributed by atoms with van der Waals surface area (Å²) in [5.41, 5.74) is 1.38. The summed E-state index contributed by atoms with van der Waals surface area (Å²) in [4.78, 5) is 10.3. The van der Waals surface area contributed by atoms with E-state index in [4.69, 9.17) is 5.11 Å². The first-order chi connectivity index (χ1) is 6.11. The van der Waals surface area contributed by atoms with Gasteiger partial charge in [-0.2, -0.15) is 0 Å². The predicted octanol–water partition coefficient (Wildman–Crippen LogP) is 3.18. The number of rotatable bonds is 2. The van der Waals surface area contributed by atoms with E-state index in [1.54, 1.807) is 18.2 Å². The van der Waals surface area contributed by atoms with Crippen LogP contribution in [-0.4, -0.2) is 11.2 Å². The van der Waals surface area contributed by atoms with E-state index in [-0.39, 0.29) is 0 Å².